The Morgan fingerprint density at radius 2 is 1.47 bits per heavy atom. The molecule has 4 amide bonds. The molecule has 6 rings (SSSR count). The van der Waals surface area contributed by atoms with Crippen molar-refractivity contribution in [1.29, 1.82) is 0 Å². The van der Waals surface area contributed by atoms with Crippen LogP contribution in [0.3, 0.4) is 0 Å². The van der Waals surface area contributed by atoms with Crippen molar-refractivity contribution in [2.24, 2.45) is 0 Å². The van der Waals surface area contributed by atoms with Gasteiger partial charge in [0, 0.05) is 90.0 Å². The van der Waals surface area contributed by atoms with Crippen LogP contribution in [0.4, 0.5) is 20.1 Å². The molecule has 4 aliphatic heterocycles. The molecule has 3 fully saturated rings. The molecule has 316 valence electrons. The number of fused-ring (bicyclic) bond motifs is 1. The second-order valence-corrected chi connectivity index (χ2v) is 15.6. The van der Waals surface area contributed by atoms with Gasteiger partial charge in [-0.2, -0.15) is 0 Å². The fourth-order valence-electron chi connectivity index (χ4n) is 8.51. The third-order valence-corrected chi connectivity index (χ3v) is 11.7. The van der Waals surface area contributed by atoms with Gasteiger partial charge in [-0.3, -0.25) is 19.4 Å². The molecule has 0 aliphatic carbocycles. The molecule has 0 spiro atoms. The minimum absolute atomic E-state index is 0.0208. The average Bonchev–Trinajstić information content (AvgIpc) is 3.37. The molecule has 4 heterocycles. The van der Waals surface area contributed by atoms with Crippen LogP contribution in [0.15, 0.2) is 36.4 Å². The van der Waals surface area contributed by atoms with Gasteiger partial charge in [0.2, 0.25) is 6.29 Å². The number of esters is 1. The highest BCUT2D eigenvalue weighted by Gasteiger charge is 2.37. The molecular weight excluding hydrogens is 748 g/mol. The maximum Gasteiger partial charge on any atom is 0.511 e. The normalized spacial score (nSPS) is 19.7. The number of carbonyl (C=O) groups is 5. The van der Waals surface area contributed by atoms with Gasteiger partial charge in [0.1, 0.15) is 5.75 Å². The number of piperazine rings is 1. The highest BCUT2D eigenvalue weighted by molar-refractivity contribution is 5.91. The molecule has 16 nitrogen and oxygen atoms in total. The molecule has 0 aromatic heterocycles. The van der Waals surface area contributed by atoms with Crippen LogP contribution in [0.2, 0.25) is 0 Å². The number of anilines is 1. The number of nitrogens with zero attached hydrogens (tertiary/aromatic N) is 5. The maximum absolute atomic E-state index is 14.2. The van der Waals surface area contributed by atoms with Crippen molar-refractivity contribution in [2.75, 3.05) is 77.4 Å². The van der Waals surface area contributed by atoms with E-state index in [2.05, 4.69) is 10.2 Å². The Hall–Kier alpha value is -5.09. The van der Waals surface area contributed by atoms with Crippen LogP contribution in [-0.2, 0) is 41.4 Å². The topological polar surface area (TPSA) is 171 Å². The summed E-state index contributed by atoms with van der Waals surface area (Å²) in [6.07, 6.45) is 0.128. The summed E-state index contributed by atoms with van der Waals surface area (Å²) in [4.78, 5) is 74.7. The number of piperidine rings is 2. The van der Waals surface area contributed by atoms with Crippen LogP contribution in [0.1, 0.15) is 61.8 Å². The first-order valence-corrected chi connectivity index (χ1v) is 20.6. The lowest BCUT2D eigenvalue weighted by Gasteiger charge is -2.43. The number of aromatic hydroxyl groups is 1. The molecule has 3 saturated heterocycles. The smallest absolute Gasteiger partial charge is 0.507 e. The van der Waals surface area contributed by atoms with E-state index in [1.165, 1.54) is 6.92 Å². The van der Waals surface area contributed by atoms with Crippen LogP contribution in [0.25, 0.3) is 0 Å². The molecule has 58 heavy (non-hydrogen) atoms. The molecule has 2 N–H and O–H groups in total. The third-order valence-electron chi connectivity index (χ3n) is 11.7. The molecule has 1 unspecified atom stereocenters. The number of aryl methyl sites for hydroxylation is 2. The van der Waals surface area contributed by atoms with E-state index in [9.17, 15) is 29.1 Å². The number of para-hydroxylation sites is 1. The van der Waals surface area contributed by atoms with Crippen LogP contribution < -0.4 is 5.32 Å². The summed E-state index contributed by atoms with van der Waals surface area (Å²) in [5.74, 6) is -0.523. The first kappa shape index (κ1) is 42.5. The van der Waals surface area contributed by atoms with Gasteiger partial charge in [0.15, 0.2) is 6.10 Å². The summed E-state index contributed by atoms with van der Waals surface area (Å²) in [5.41, 5.74) is 4.10. The van der Waals surface area contributed by atoms with Crippen molar-refractivity contribution in [1.82, 2.24) is 24.5 Å². The van der Waals surface area contributed by atoms with Gasteiger partial charge in [0.25, 0.3) is 5.91 Å². The van der Waals surface area contributed by atoms with Gasteiger partial charge in [-0.25, -0.2) is 14.4 Å². The van der Waals surface area contributed by atoms with E-state index in [1.807, 2.05) is 60.0 Å². The number of nitrogens with one attached hydrogen (secondary N) is 1. The number of likely N-dealkylation sites (tertiary alicyclic amines) is 2. The third kappa shape index (κ3) is 10.9. The van der Waals surface area contributed by atoms with E-state index in [-0.39, 0.29) is 49.3 Å². The molecule has 0 radical (unpaired) electrons. The second-order valence-electron chi connectivity index (χ2n) is 15.6. The first-order valence-electron chi connectivity index (χ1n) is 20.6. The van der Waals surface area contributed by atoms with Gasteiger partial charge in [-0.05, 0) is 81.2 Å². The highest BCUT2D eigenvalue weighted by atomic mass is 16.8. The molecule has 4 aliphatic rings. The molecule has 2 aromatic rings. The van der Waals surface area contributed by atoms with Crippen molar-refractivity contribution in [3.63, 3.8) is 0 Å². The van der Waals surface area contributed by atoms with E-state index in [0.717, 1.165) is 49.2 Å². The number of phenolic OH excluding ortho intramolecular Hbond substituents is 1. The Kier molecular flexibility index (Phi) is 14.3. The monoisotopic (exact) mass is 806 g/mol. The van der Waals surface area contributed by atoms with E-state index in [1.54, 1.807) is 16.7 Å². The van der Waals surface area contributed by atoms with E-state index in [0.29, 0.717) is 69.8 Å². The van der Waals surface area contributed by atoms with Crippen molar-refractivity contribution in [2.45, 2.75) is 90.7 Å². The summed E-state index contributed by atoms with van der Waals surface area (Å²) >= 11 is 0. The largest absolute Gasteiger partial charge is 0.511 e. The number of carbonyl (C=O) groups excluding carboxylic acids is 5. The molecule has 0 bridgehead atoms. The summed E-state index contributed by atoms with van der Waals surface area (Å²) in [7, 11) is 0. The number of urea groups is 1. The number of phenols is 1. The number of amides is 4. The average molecular weight is 807 g/mol. The minimum Gasteiger partial charge on any atom is -0.507 e. The first-order chi connectivity index (χ1) is 27.9. The number of hydrogen-bond donors (Lipinski definition) is 2. The lowest BCUT2D eigenvalue weighted by molar-refractivity contribution is -0.169. The predicted molar refractivity (Wildman–Crippen MR) is 213 cm³/mol. The van der Waals surface area contributed by atoms with E-state index in [4.69, 9.17) is 18.9 Å². The Morgan fingerprint density at radius 3 is 2.14 bits per heavy atom. The zero-order valence-corrected chi connectivity index (χ0v) is 34.2. The SMILES string of the molecule is CCOC(=O)OC(C)OC(=O)CN1CCN(C2CCN(C(=O)[C@@H](Cc3cc(C)c(O)c(C)c3)OC(=O)N3CCC(N4CCc5ccccc5NC4=O)CC3)CC2)CC1. The van der Waals surface area contributed by atoms with Crippen LogP contribution in [0, 0.1) is 13.8 Å². The zero-order chi connectivity index (χ0) is 41.3. The Bertz CT molecular complexity index is 1760. The predicted octanol–water partition coefficient (Wildman–Crippen LogP) is 4.28. The van der Waals surface area contributed by atoms with Crippen molar-refractivity contribution >= 4 is 35.8 Å². The number of hydrogen-bond acceptors (Lipinski definition) is 12. The van der Waals surface area contributed by atoms with Crippen LogP contribution in [-0.4, -0.2) is 156 Å². The van der Waals surface area contributed by atoms with E-state index < -0.39 is 30.6 Å². The summed E-state index contributed by atoms with van der Waals surface area (Å²) in [6, 6.07) is 11.6. The van der Waals surface area contributed by atoms with Crippen molar-refractivity contribution in [3.8, 4) is 5.75 Å². The second kappa shape index (κ2) is 19.6. The van der Waals surface area contributed by atoms with Crippen molar-refractivity contribution in [3.05, 3.63) is 58.7 Å². The molecular formula is C42H58N6O10. The zero-order valence-electron chi connectivity index (χ0n) is 34.2. The number of rotatable bonds is 11. The molecule has 2 aromatic carbocycles. The fourth-order valence-corrected chi connectivity index (χ4v) is 8.51. The van der Waals surface area contributed by atoms with Crippen LogP contribution >= 0.6 is 0 Å². The standard InChI is InChI=1S/C42H58N6O10/c1-5-55-42(54)57-30(4)56-37(49)27-44-20-22-45(23-21-44)33-11-15-46(16-12-33)39(51)36(26-31-24-28(2)38(50)29(3)25-31)58-41(53)47-17-13-34(14-18-47)48-19-10-32-8-6-7-9-35(32)43-40(48)52/h6-9,24-25,30,33-34,36,50H,5,10-23,26-27H2,1-4H3,(H,43,52)/t30?,36-/m1/s1. The van der Waals surface area contributed by atoms with Gasteiger partial charge in [0.05, 0.1) is 13.2 Å². The lowest BCUT2D eigenvalue weighted by Crippen LogP contribution is -2.55. The number of ether oxygens (including phenoxy) is 4. The minimum atomic E-state index is -1.05. The Balaban J connectivity index is 1.00. The Labute approximate surface area is 340 Å². The summed E-state index contributed by atoms with van der Waals surface area (Å²) in [6.45, 7) is 12.3. The Morgan fingerprint density at radius 1 is 0.828 bits per heavy atom. The summed E-state index contributed by atoms with van der Waals surface area (Å²) in [5, 5.41) is 13.4. The molecule has 0 saturated carbocycles. The van der Waals surface area contributed by atoms with E-state index >= 15 is 0 Å². The van der Waals surface area contributed by atoms with Crippen LogP contribution in [0.5, 0.6) is 5.75 Å². The van der Waals surface area contributed by atoms with Gasteiger partial charge in [-0.1, -0.05) is 30.3 Å². The lowest BCUT2D eigenvalue weighted by atomic mass is 9.98. The fraction of sp³-hybridized carbons (Fsp3) is 0.595. The maximum atomic E-state index is 14.2. The number of benzene rings is 2. The molecule has 16 heteroatoms. The quantitative estimate of drug-likeness (QED) is 0.188. The molecule has 2 atom stereocenters. The highest BCUT2D eigenvalue weighted by Crippen LogP contribution is 2.28. The van der Waals surface area contributed by atoms with Gasteiger partial charge >= 0.3 is 24.2 Å². The van der Waals surface area contributed by atoms with Gasteiger partial charge < -0.3 is 44.1 Å². The summed E-state index contributed by atoms with van der Waals surface area (Å²) < 4.78 is 20.9. The van der Waals surface area contributed by atoms with Crippen molar-refractivity contribution < 1.29 is 48.0 Å². The van der Waals surface area contributed by atoms with Gasteiger partial charge in [-0.15, -0.1) is 0 Å².